The summed E-state index contributed by atoms with van der Waals surface area (Å²) in [4.78, 5) is 16.3. The number of benzene rings is 1. The molecule has 11 heteroatoms. The zero-order valence-corrected chi connectivity index (χ0v) is 20.6. The average molecular weight is 537 g/mol. The molecule has 0 unspecified atom stereocenters. The van der Waals surface area contributed by atoms with E-state index in [-0.39, 0.29) is 17.0 Å². The summed E-state index contributed by atoms with van der Waals surface area (Å²) in [6, 6.07) is 5.18. The van der Waals surface area contributed by atoms with Gasteiger partial charge in [0, 0.05) is 28.8 Å². The highest BCUT2D eigenvalue weighted by molar-refractivity contribution is 9.10. The van der Waals surface area contributed by atoms with Crippen molar-refractivity contribution in [3.63, 3.8) is 0 Å². The Balaban J connectivity index is 2.36. The van der Waals surface area contributed by atoms with E-state index in [0.29, 0.717) is 14.3 Å². The van der Waals surface area contributed by atoms with E-state index in [1.165, 1.54) is 18.2 Å². The Hall–Kier alpha value is -2.14. The van der Waals surface area contributed by atoms with E-state index in [0.717, 1.165) is 18.3 Å². The van der Waals surface area contributed by atoms with Crippen molar-refractivity contribution in [2.24, 2.45) is 0 Å². The highest BCUT2D eigenvalue weighted by Gasteiger charge is 2.35. The summed E-state index contributed by atoms with van der Waals surface area (Å²) in [5.74, 6) is 0. The first-order valence-electron chi connectivity index (χ1n) is 9.60. The standard InChI is InChI=1S/C21H24BrF3N2O4S/c1-13(2)27(19(28)31-20(3,4)5)32(29,30)17-7-6-14(18(22)12-17)10-16-11-15(8-9-26-16)21(23,24)25/h6-9,11-13H,10H2,1-5H3. The third-order valence-electron chi connectivity index (χ3n) is 4.14. The van der Waals surface area contributed by atoms with Crippen molar-refractivity contribution in [3.05, 3.63) is 57.8 Å². The van der Waals surface area contributed by atoms with Crippen LogP contribution in [0, 0.1) is 0 Å². The lowest BCUT2D eigenvalue weighted by atomic mass is 10.1. The smallest absolute Gasteiger partial charge is 0.424 e. The zero-order valence-electron chi connectivity index (χ0n) is 18.2. The van der Waals surface area contributed by atoms with E-state index in [4.69, 9.17) is 4.74 Å². The van der Waals surface area contributed by atoms with Crippen molar-refractivity contribution in [2.75, 3.05) is 0 Å². The molecule has 2 rings (SSSR count). The number of hydrogen-bond acceptors (Lipinski definition) is 5. The Labute approximate surface area is 194 Å². The van der Waals surface area contributed by atoms with Crippen molar-refractivity contribution in [1.82, 2.24) is 9.29 Å². The molecule has 6 nitrogen and oxygen atoms in total. The van der Waals surface area contributed by atoms with Gasteiger partial charge in [0.25, 0.3) is 10.0 Å². The third-order valence-corrected chi connectivity index (χ3v) is 6.82. The Bertz CT molecular complexity index is 1100. The van der Waals surface area contributed by atoms with Crippen LogP contribution in [0.15, 0.2) is 45.9 Å². The summed E-state index contributed by atoms with van der Waals surface area (Å²) >= 11 is 3.28. The molecule has 0 saturated carbocycles. The number of rotatable bonds is 5. The van der Waals surface area contributed by atoms with Gasteiger partial charge in [-0.2, -0.15) is 17.5 Å². The second-order valence-corrected chi connectivity index (χ2v) is 11.0. The zero-order chi connectivity index (χ0) is 24.5. The molecule has 0 aliphatic rings. The normalized spacial score (nSPS) is 12.7. The lowest BCUT2D eigenvalue weighted by Gasteiger charge is -2.29. The number of aromatic nitrogens is 1. The summed E-state index contributed by atoms with van der Waals surface area (Å²) in [6.07, 6.45) is -4.37. The van der Waals surface area contributed by atoms with Gasteiger partial charge in [-0.15, -0.1) is 0 Å². The summed E-state index contributed by atoms with van der Waals surface area (Å²) < 4.78 is 71.3. The van der Waals surface area contributed by atoms with E-state index in [2.05, 4.69) is 20.9 Å². The van der Waals surface area contributed by atoms with Gasteiger partial charge in [-0.05, 0) is 64.4 Å². The molecule has 0 N–H and O–H groups in total. The minimum atomic E-state index is -4.49. The molecule has 0 spiro atoms. The molecular formula is C21H24BrF3N2O4S. The summed E-state index contributed by atoms with van der Waals surface area (Å²) in [6.45, 7) is 7.98. The minimum absolute atomic E-state index is 0.0464. The maximum atomic E-state index is 13.1. The highest BCUT2D eigenvalue weighted by atomic mass is 79.9. The number of alkyl halides is 3. The highest BCUT2D eigenvalue weighted by Crippen LogP contribution is 2.31. The van der Waals surface area contributed by atoms with Gasteiger partial charge in [-0.1, -0.05) is 22.0 Å². The number of carbonyl (C=O) groups excluding carboxylic acids is 1. The van der Waals surface area contributed by atoms with Gasteiger partial charge >= 0.3 is 12.3 Å². The molecule has 0 aliphatic heterocycles. The van der Waals surface area contributed by atoms with Crippen molar-refractivity contribution >= 4 is 32.0 Å². The molecule has 1 heterocycles. The quantitative estimate of drug-likeness (QED) is 0.483. The molecule has 1 amide bonds. The largest absolute Gasteiger partial charge is 0.443 e. The predicted molar refractivity (Wildman–Crippen MR) is 117 cm³/mol. The maximum Gasteiger partial charge on any atom is 0.424 e. The number of pyridine rings is 1. The molecule has 0 fully saturated rings. The molecule has 2 aromatic rings. The van der Waals surface area contributed by atoms with Crippen LogP contribution in [0.2, 0.25) is 0 Å². The van der Waals surface area contributed by atoms with E-state index in [1.54, 1.807) is 34.6 Å². The number of hydrogen-bond donors (Lipinski definition) is 0. The minimum Gasteiger partial charge on any atom is -0.443 e. The molecular weight excluding hydrogens is 513 g/mol. The SMILES string of the molecule is CC(C)N(C(=O)OC(C)(C)C)S(=O)(=O)c1ccc(Cc2cc(C(F)(F)F)ccn2)c(Br)c1. The molecule has 0 radical (unpaired) electrons. The van der Waals surface area contributed by atoms with E-state index < -0.39 is 39.5 Å². The van der Waals surface area contributed by atoms with Crippen LogP contribution in [0.4, 0.5) is 18.0 Å². The van der Waals surface area contributed by atoms with Gasteiger partial charge in [0.1, 0.15) is 5.60 Å². The van der Waals surface area contributed by atoms with Crippen LogP contribution < -0.4 is 0 Å². The molecule has 176 valence electrons. The van der Waals surface area contributed by atoms with Crippen LogP contribution in [0.3, 0.4) is 0 Å². The van der Waals surface area contributed by atoms with Gasteiger partial charge in [-0.25, -0.2) is 13.2 Å². The fourth-order valence-corrected chi connectivity index (χ4v) is 4.98. The van der Waals surface area contributed by atoms with E-state index in [1.807, 2.05) is 0 Å². The van der Waals surface area contributed by atoms with Gasteiger partial charge in [0.05, 0.1) is 10.5 Å². The number of halogens is 4. The monoisotopic (exact) mass is 536 g/mol. The summed E-state index contributed by atoms with van der Waals surface area (Å²) in [5.41, 5.74) is -0.997. The van der Waals surface area contributed by atoms with Gasteiger partial charge in [0.2, 0.25) is 0 Å². The Morgan fingerprint density at radius 3 is 2.28 bits per heavy atom. The van der Waals surface area contributed by atoms with E-state index in [9.17, 15) is 26.4 Å². The van der Waals surface area contributed by atoms with Crippen molar-refractivity contribution < 1.29 is 31.1 Å². The first-order chi connectivity index (χ1) is 14.5. The fraction of sp³-hybridized carbons (Fsp3) is 0.429. The van der Waals surface area contributed by atoms with Crippen LogP contribution in [0.25, 0.3) is 0 Å². The Kier molecular flexibility index (Phi) is 7.66. The summed E-state index contributed by atoms with van der Waals surface area (Å²) in [5, 5.41) is 0. The number of ether oxygens (including phenoxy) is 1. The van der Waals surface area contributed by atoms with Crippen LogP contribution in [0.5, 0.6) is 0 Å². The van der Waals surface area contributed by atoms with Gasteiger partial charge < -0.3 is 4.74 Å². The predicted octanol–water partition coefficient (Wildman–Crippen LogP) is 5.79. The van der Waals surface area contributed by atoms with Gasteiger partial charge in [-0.3, -0.25) is 4.98 Å². The molecule has 0 atom stereocenters. The molecule has 0 saturated heterocycles. The second-order valence-electron chi connectivity index (χ2n) is 8.34. The second kappa shape index (κ2) is 9.38. The fourth-order valence-electron chi connectivity index (χ4n) is 2.79. The van der Waals surface area contributed by atoms with Crippen LogP contribution >= 0.6 is 15.9 Å². The lowest BCUT2D eigenvalue weighted by Crippen LogP contribution is -2.44. The Morgan fingerprint density at radius 1 is 1.16 bits per heavy atom. The van der Waals surface area contributed by atoms with Crippen LogP contribution in [0.1, 0.15) is 51.4 Å². The van der Waals surface area contributed by atoms with E-state index >= 15 is 0 Å². The third kappa shape index (κ3) is 6.44. The molecule has 0 aliphatic carbocycles. The Morgan fingerprint density at radius 2 is 1.78 bits per heavy atom. The lowest BCUT2D eigenvalue weighted by molar-refractivity contribution is -0.137. The van der Waals surface area contributed by atoms with Crippen molar-refractivity contribution in [3.8, 4) is 0 Å². The maximum absolute atomic E-state index is 13.1. The van der Waals surface area contributed by atoms with Crippen molar-refractivity contribution in [2.45, 2.75) is 63.8 Å². The topological polar surface area (TPSA) is 76.6 Å². The molecule has 1 aromatic heterocycles. The number of carbonyl (C=O) groups is 1. The molecule has 32 heavy (non-hydrogen) atoms. The van der Waals surface area contributed by atoms with Crippen molar-refractivity contribution in [1.29, 1.82) is 0 Å². The average Bonchev–Trinajstić information content (AvgIpc) is 2.60. The number of amides is 1. The number of sulfonamides is 1. The first kappa shape index (κ1) is 26.1. The summed E-state index contributed by atoms with van der Waals surface area (Å²) in [7, 11) is -4.25. The molecule has 0 bridgehead atoms. The van der Waals surface area contributed by atoms with Crippen LogP contribution in [-0.4, -0.2) is 35.4 Å². The van der Waals surface area contributed by atoms with Gasteiger partial charge in [0.15, 0.2) is 0 Å². The molecule has 1 aromatic carbocycles. The number of nitrogens with zero attached hydrogens (tertiary/aromatic N) is 2. The first-order valence-corrected chi connectivity index (χ1v) is 11.8. The van der Waals surface area contributed by atoms with Crippen LogP contribution in [-0.2, 0) is 27.4 Å².